The minimum absolute atomic E-state index is 0.528. The second kappa shape index (κ2) is 6.50. The maximum Gasteiger partial charge on any atom is 0.128 e. The first-order valence-electron chi connectivity index (χ1n) is 5.41. The van der Waals surface area contributed by atoms with Crippen LogP contribution in [0.1, 0.15) is 19.0 Å². The summed E-state index contributed by atoms with van der Waals surface area (Å²) in [5.41, 5.74) is 1.04. The van der Waals surface area contributed by atoms with Gasteiger partial charge in [0.25, 0.3) is 0 Å². The molecule has 1 rings (SSSR count). The summed E-state index contributed by atoms with van der Waals surface area (Å²) in [4.78, 5) is 6.82. The summed E-state index contributed by atoms with van der Waals surface area (Å²) in [5, 5.41) is 0. The molecule has 0 amide bonds. The normalized spacial score (nSPS) is 12.6. The third-order valence-corrected chi connectivity index (χ3v) is 4.25. The fraction of sp³-hybridized carbons (Fsp3) is 0.583. The van der Waals surface area contributed by atoms with Gasteiger partial charge in [-0.3, -0.25) is 0 Å². The van der Waals surface area contributed by atoms with Gasteiger partial charge in [-0.2, -0.15) is 11.8 Å². The molecule has 0 bridgehead atoms. The fourth-order valence-corrected chi connectivity index (χ4v) is 2.23. The SMILES string of the molecule is CSCCC(C)N(C)c1ccc(Br)c(C)n1. The summed E-state index contributed by atoms with van der Waals surface area (Å²) in [5.74, 6) is 2.25. The van der Waals surface area contributed by atoms with Crippen LogP contribution in [0.2, 0.25) is 0 Å². The molecule has 1 unspecified atom stereocenters. The van der Waals surface area contributed by atoms with Gasteiger partial charge in [0, 0.05) is 17.6 Å². The molecule has 16 heavy (non-hydrogen) atoms. The topological polar surface area (TPSA) is 16.1 Å². The van der Waals surface area contributed by atoms with Crippen LogP contribution in [0.25, 0.3) is 0 Å². The molecule has 1 heterocycles. The number of anilines is 1. The van der Waals surface area contributed by atoms with Crippen molar-refractivity contribution in [3.63, 3.8) is 0 Å². The van der Waals surface area contributed by atoms with E-state index in [1.165, 1.54) is 12.2 Å². The Morgan fingerprint density at radius 3 is 2.75 bits per heavy atom. The lowest BCUT2D eigenvalue weighted by molar-refractivity contribution is 0.661. The Morgan fingerprint density at radius 2 is 2.19 bits per heavy atom. The molecule has 0 aromatic carbocycles. The first-order valence-corrected chi connectivity index (χ1v) is 7.60. The third kappa shape index (κ3) is 3.67. The molecule has 0 radical (unpaired) electrons. The zero-order chi connectivity index (χ0) is 12.1. The number of thioether (sulfide) groups is 1. The molecule has 1 aromatic rings. The van der Waals surface area contributed by atoms with E-state index in [1.54, 1.807) is 0 Å². The number of rotatable bonds is 5. The lowest BCUT2D eigenvalue weighted by Gasteiger charge is -2.26. The average molecular weight is 303 g/mol. The third-order valence-electron chi connectivity index (χ3n) is 2.77. The molecule has 1 atom stereocenters. The quantitative estimate of drug-likeness (QED) is 0.824. The summed E-state index contributed by atoms with van der Waals surface area (Å²) in [7, 11) is 2.11. The summed E-state index contributed by atoms with van der Waals surface area (Å²) in [6.45, 7) is 4.27. The van der Waals surface area contributed by atoms with E-state index in [0.29, 0.717) is 6.04 Å². The second-order valence-corrected chi connectivity index (χ2v) is 5.82. The molecule has 1 aromatic heterocycles. The smallest absolute Gasteiger partial charge is 0.128 e. The van der Waals surface area contributed by atoms with E-state index in [1.807, 2.05) is 18.7 Å². The van der Waals surface area contributed by atoms with Crippen molar-refractivity contribution in [2.24, 2.45) is 0 Å². The van der Waals surface area contributed by atoms with Crippen LogP contribution in [-0.4, -0.2) is 30.1 Å². The van der Waals surface area contributed by atoms with E-state index < -0.39 is 0 Å². The maximum atomic E-state index is 4.57. The molecule has 0 aliphatic heterocycles. The van der Waals surface area contributed by atoms with Crippen molar-refractivity contribution in [2.75, 3.05) is 24.0 Å². The summed E-state index contributed by atoms with van der Waals surface area (Å²) in [6, 6.07) is 4.66. The van der Waals surface area contributed by atoms with Crippen molar-refractivity contribution in [3.8, 4) is 0 Å². The largest absolute Gasteiger partial charge is 0.357 e. The lowest BCUT2D eigenvalue weighted by Crippen LogP contribution is -2.30. The van der Waals surface area contributed by atoms with Crippen molar-refractivity contribution in [1.29, 1.82) is 0 Å². The predicted molar refractivity (Wildman–Crippen MR) is 77.5 cm³/mol. The van der Waals surface area contributed by atoms with E-state index in [2.05, 4.69) is 58.2 Å². The zero-order valence-electron chi connectivity index (χ0n) is 10.3. The van der Waals surface area contributed by atoms with Crippen molar-refractivity contribution in [1.82, 2.24) is 4.98 Å². The van der Waals surface area contributed by atoms with Gasteiger partial charge in [-0.25, -0.2) is 4.98 Å². The number of hydrogen-bond donors (Lipinski definition) is 0. The Morgan fingerprint density at radius 1 is 1.50 bits per heavy atom. The van der Waals surface area contributed by atoms with Gasteiger partial charge in [0.05, 0.1) is 5.69 Å². The van der Waals surface area contributed by atoms with Crippen LogP contribution < -0.4 is 4.90 Å². The van der Waals surface area contributed by atoms with Gasteiger partial charge in [-0.15, -0.1) is 0 Å². The first kappa shape index (κ1) is 13.8. The summed E-state index contributed by atoms with van der Waals surface area (Å²) < 4.78 is 1.07. The number of aromatic nitrogens is 1. The minimum Gasteiger partial charge on any atom is -0.357 e. The predicted octanol–water partition coefficient (Wildman–Crippen LogP) is 3.73. The number of pyridine rings is 1. The van der Waals surface area contributed by atoms with Crippen LogP contribution in [0.15, 0.2) is 16.6 Å². The van der Waals surface area contributed by atoms with Crippen molar-refractivity contribution < 1.29 is 0 Å². The van der Waals surface area contributed by atoms with Gasteiger partial charge in [0.1, 0.15) is 5.82 Å². The van der Waals surface area contributed by atoms with E-state index in [0.717, 1.165) is 16.0 Å². The van der Waals surface area contributed by atoms with Crippen LogP contribution in [0.3, 0.4) is 0 Å². The van der Waals surface area contributed by atoms with Gasteiger partial charge in [-0.1, -0.05) is 0 Å². The van der Waals surface area contributed by atoms with Crippen LogP contribution in [-0.2, 0) is 0 Å². The number of aryl methyl sites for hydroxylation is 1. The molecule has 90 valence electrons. The molecule has 0 saturated heterocycles. The van der Waals surface area contributed by atoms with Gasteiger partial charge < -0.3 is 4.90 Å². The first-order chi connectivity index (χ1) is 7.56. The van der Waals surface area contributed by atoms with E-state index in [4.69, 9.17) is 0 Å². The second-order valence-electron chi connectivity index (χ2n) is 3.98. The minimum atomic E-state index is 0.528. The van der Waals surface area contributed by atoms with Gasteiger partial charge in [0.2, 0.25) is 0 Å². The average Bonchev–Trinajstić information content (AvgIpc) is 2.28. The van der Waals surface area contributed by atoms with Crippen molar-refractivity contribution in [3.05, 3.63) is 22.3 Å². The molecule has 0 aliphatic carbocycles. The summed E-state index contributed by atoms with van der Waals surface area (Å²) in [6.07, 6.45) is 3.34. The highest BCUT2D eigenvalue weighted by atomic mass is 79.9. The molecule has 0 spiro atoms. The Kier molecular flexibility index (Phi) is 5.62. The molecule has 4 heteroatoms. The van der Waals surface area contributed by atoms with Gasteiger partial charge >= 0.3 is 0 Å². The highest BCUT2D eigenvalue weighted by Gasteiger charge is 2.11. The fourth-order valence-electron chi connectivity index (χ4n) is 1.44. The molecule has 0 fully saturated rings. The van der Waals surface area contributed by atoms with Crippen molar-refractivity contribution in [2.45, 2.75) is 26.3 Å². The Bertz CT molecular complexity index is 344. The summed E-state index contributed by atoms with van der Waals surface area (Å²) >= 11 is 5.37. The zero-order valence-corrected chi connectivity index (χ0v) is 12.7. The standard InChI is InChI=1S/C12H19BrN2S/c1-9(7-8-16-4)15(3)12-6-5-11(13)10(2)14-12/h5-6,9H,7-8H2,1-4H3. The molecule has 2 nitrogen and oxygen atoms in total. The monoisotopic (exact) mass is 302 g/mol. The number of halogens is 1. The van der Waals surface area contributed by atoms with Crippen LogP contribution in [0, 0.1) is 6.92 Å². The van der Waals surface area contributed by atoms with Gasteiger partial charge in [-0.05, 0) is 60.3 Å². The Balaban J connectivity index is 2.71. The van der Waals surface area contributed by atoms with E-state index >= 15 is 0 Å². The van der Waals surface area contributed by atoms with Crippen LogP contribution in [0.5, 0.6) is 0 Å². The van der Waals surface area contributed by atoms with Crippen molar-refractivity contribution >= 4 is 33.5 Å². The number of nitrogens with zero attached hydrogens (tertiary/aromatic N) is 2. The molecule has 0 N–H and O–H groups in total. The Labute approximate surface area is 111 Å². The molecule has 0 aliphatic rings. The molecule has 0 saturated carbocycles. The lowest BCUT2D eigenvalue weighted by atomic mass is 10.2. The molecular formula is C12H19BrN2S. The highest BCUT2D eigenvalue weighted by Crippen LogP contribution is 2.20. The maximum absolute atomic E-state index is 4.57. The van der Waals surface area contributed by atoms with E-state index in [-0.39, 0.29) is 0 Å². The number of hydrogen-bond acceptors (Lipinski definition) is 3. The van der Waals surface area contributed by atoms with E-state index in [9.17, 15) is 0 Å². The van der Waals surface area contributed by atoms with Gasteiger partial charge in [0.15, 0.2) is 0 Å². The Hall–Kier alpha value is -0.220. The molecular weight excluding hydrogens is 284 g/mol. The van der Waals surface area contributed by atoms with Crippen LogP contribution in [0.4, 0.5) is 5.82 Å². The van der Waals surface area contributed by atoms with Crippen LogP contribution >= 0.6 is 27.7 Å². The highest BCUT2D eigenvalue weighted by molar-refractivity contribution is 9.10.